The Labute approximate surface area is 154 Å². The molecule has 2 heterocycles. The lowest BCUT2D eigenvalue weighted by Gasteiger charge is -2.04. The van der Waals surface area contributed by atoms with Crippen LogP contribution in [0.1, 0.15) is 71.1 Å². The van der Waals surface area contributed by atoms with Gasteiger partial charge in [0.05, 0.1) is 0 Å². The number of aryl methyl sites for hydroxylation is 2. The highest BCUT2D eigenvalue weighted by atomic mass is 15.0. The largest absolute Gasteiger partial charge is 0.277 e. The summed E-state index contributed by atoms with van der Waals surface area (Å²) in [4.78, 5) is 0. The quantitative estimate of drug-likeness (QED) is 0.362. The smallest absolute Gasteiger partial charge is 0.196 e. The van der Waals surface area contributed by atoms with Gasteiger partial charge < -0.3 is 0 Å². The van der Waals surface area contributed by atoms with E-state index in [1.807, 2.05) is 0 Å². The van der Waals surface area contributed by atoms with Gasteiger partial charge in [-0.2, -0.15) is 9.13 Å². The second kappa shape index (κ2) is 11.8. The van der Waals surface area contributed by atoms with Crippen LogP contribution in [-0.4, -0.2) is 0 Å². The molecule has 0 bridgehead atoms. The minimum absolute atomic E-state index is 1.11. The van der Waals surface area contributed by atoms with Gasteiger partial charge in [0.2, 0.25) is 0 Å². The highest BCUT2D eigenvalue weighted by molar-refractivity contribution is 5.45. The van der Waals surface area contributed by atoms with Crippen LogP contribution < -0.4 is 9.13 Å². The van der Waals surface area contributed by atoms with Crippen LogP contribution in [0, 0.1) is 0 Å². The highest BCUT2D eigenvalue weighted by Gasteiger charge is 2.19. The van der Waals surface area contributed by atoms with Crippen LogP contribution in [0.4, 0.5) is 0 Å². The number of aromatic nitrogens is 2. The predicted octanol–water partition coefficient (Wildman–Crippen LogP) is 5.39. The first kappa shape index (κ1) is 19.6. The minimum atomic E-state index is 1.11. The molecule has 136 valence electrons. The highest BCUT2D eigenvalue weighted by Crippen LogP contribution is 2.12. The van der Waals surface area contributed by atoms with Crippen LogP contribution in [-0.2, 0) is 13.6 Å². The normalized spacial score (nSPS) is 11.0. The summed E-state index contributed by atoms with van der Waals surface area (Å²) in [7, 11) is 2.12. The first-order valence-electron chi connectivity index (χ1n) is 10.3. The van der Waals surface area contributed by atoms with Crippen molar-refractivity contribution in [3.63, 3.8) is 0 Å². The zero-order chi connectivity index (χ0) is 17.7. The Balaban J connectivity index is 1.71. The summed E-state index contributed by atoms with van der Waals surface area (Å²) in [6.45, 7) is 3.40. The molecule has 0 fully saturated rings. The molecule has 0 saturated carbocycles. The maximum absolute atomic E-state index is 2.40. The van der Waals surface area contributed by atoms with E-state index in [2.05, 4.69) is 71.9 Å². The molecular formula is C23H36N2+2. The predicted molar refractivity (Wildman–Crippen MR) is 105 cm³/mol. The number of hydrogen-bond acceptors (Lipinski definition) is 0. The first-order chi connectivity index (χ1) is 12.3. The fourth-order valence-corrected chi connectivity index (χ4v) is 3.46. The van der Waals surface area contributed by atoms with Crippen molar-refractivity contribution >= 4 is 0 Å². The number of nitrogens with zero attached hydrogens (tertiary/aromatic N) is 2. The van der Waals surface area contributed by atoms with Crippen molar-refractivity contribution in [3.8, 4) is 11.4 Å². The summed E-state index contributed by atoms with van der Waals surface area (Å²) >= 11 is 0. The Kier molecular flexibility index (Phi) is 9.25. The fraction of sp³-hybridized carbons (Fsp3) is 0.565. The molecule has 0 saturated heterocycles. The summed E-state index contributed by atoms with van der Waals surface area (Å²) in [6, 6.07) is 12.9. The van der Waals surface area contributed by atoms with Gasteiger partial charge in [-0.25, -0.2) is 0 Å². The molecule has 2 heteroatoms. The monoisotopic (exact) mass is 340 g/mol. The standard InChI is InChI=1S/C23H36N2/c1-3-4-5-6-7-8-9-10-11-14-20-25-21-16-13-18-23(25)22-17-12-15-19-24(22)2/h12-13,15-19,21H,3-11,14,20H2,1-2H3/q+2. The van der Waals surface area contributed by atoms with Crippen molar-refractivity contribution in [2.24, 2.45) is 7.05 Å². The molecule has 0 aromatic carbocycles. The fourth-order valence-electron chi connectivity index (χ4n) is 3.46. The Morgan fingerprint density at radius 3 is 1.84 bits per heavy atom. The molecule has 25 heavy (non-hydrogen) atoms. The molecule has 0 aliphatic carbocycles. The van der Waals surface area contributed by atoms with Gasteiger partial charge in [-0.05, 0) is 18.6 Å². The van der Waals surface area contributed by atoms with Gasteiger partial charge in [-0.3, -0.25) is 0 Å². The number of unbranched alkanes of at least 4 members (excludes halogenated alkanes) is 9. The zero-order valence-electron chi connectivity index (χ0n) is 16.3. The van der Waals surface area contributed by atoms with Crippen LogP contribution in [0.25, 0.3) is 11.4 Å². The van der Waals surface area contributed by atoms with Crippen LogP contribution in [0.2, 0.25) is 0 Å². The maximum atomic E-state index is 2.40. The van der Waals surface area contributed by atoms with Crippen LogP contribution in [0.15, 0.2) is 48.8 Å². The number of hydrogen-bond donors (Lipinski definition) is 0. The summed E-state index contributed by atoms with van der Waals surface area (Å²) in [5, 5.41) is 0. The minimum Gasteiger partial charge on any atom is -0.196 e. The van der Waals surface area contributed by atoms with Crippen LogP contribution in [0.3, 0.4) is 0 Å². The van der Waals surface area contributed by atoms with E-state index in [1.165, 1.54) is 75.6 Å². The molecule has 0 N–H and O–H groups in total. The molecule has 0 atom stereocenters. The molecule has 0 radical (unpaired) electrons. The lowest BCUT2D eigenvalue weighted by atomic mass is 10.1. The van der Waals surface area contributed by atoms with Crippen LogP contribution in [0.5, 0.6) is 0 Å². The Morgan fingerprint density at radius 1 is 0.640 bits per heavy atom. The molecule has 0 aliphatic heterocycles. The summed E-state index contributed by atoms with van der Waals surface area (Å²) in [5.41, 5.74) is 2.58. The van der Waals surface area contributed by atoms with Gasteiger partial charge in [0, 0.05) is 30.7 Å². The summed E-state index contributed by atoms with van der Waals surface area (Å²) < 4.78 is 4.60. The lowest BCUT2D eigenvalue weighted by Crippen LogP contribution is -2.40. The first-order valence-corrected chi connectivity index (χ1v) is 10.3. The van der Waals surface area contributed by atoms with Gasteiger partial charge in [-0.15, -0.1) is 0 Å². The molecule has 0 amide bonds. The Hall–Kier alpha value is -1.70. The molecule has 2 aromatic heterocycles. The SMILES string of the molecule is CCCCCCCCCCCC[n+]1ccccc1-c1cccc[n+]1C. The molecule has 2 nitrogen and oxygen atoms in total. The third-order valence-corrected chi connectivity index (χ3v) is 5.01. The molecule has 0 spiro atoms. The van der Waals surface area contributed by atoms with Gasteiger partial charge in [0.1, 0.15) is 13.6 Å². The second-order valence-electron chi connectivity index (χ2n) is 7.16. The average molecular weight is 341 g/mol. The van der Waals surface area contributed by atoms with Crippen molar-refractivity contribution in [2.75, 3.05) is 0 Å². The van der Waals surface area contributed by atoms with Gasteiger partial charge in [0.15, 0.2) is 12.4 Å². The molecular weight excluding hydrogens is 304 g/mol. The van der Waals surface area contributed by atoms with E-state index in [-0.39, 0.29) is 0 Å². The van der Waals surface area contributed by atoms with E-state index in [0.29, 0.717) is 0 Å². The Bertz CT molecular complexity index is 607. The van der Waals surface area contributed by atoms with Crippen molar-refractivity contribution in [3.05, 3.63) is 48.8 Å². The molecule has 2 aromatic rings. The maximum Gasteiger partial charge on any atom is 0.277 e. The van der Waals surface area contributed by atoms with Crippen molar-refractivity contribution < 1.29 is 9.13 Å². The number of pyridine rings is 2. The van der Waals surface area contributed by atoms with E-state index < -0.39 is 0 Å². The van der Waals surface area contributed by atoms with Crippen molar-refractivity contribution in [2.45, 2.75) is 77.7 Å². The van der Waals surface area contributed by atoms with Crippen molar-refractivity contribution in [1.29, 1.82) is 0 Å². The second-order valence-corrected chi connectivity index (χ2v) is 7.16. The van der Waals surface area contributed by atoms with E-state index in [1.54, 1.807) is 0 Å². The third kappa shape index (κ3) is 6.97. The molecule has 0 unspecified atom stereocenters. The zero-order valence-corrected chi connectivity index (χ0v) is 16.3. The van der Waals surface area contributed by atoms with E-state index in [0.717, 1.165) is 6.54 Å². The number of rotatable bonds is 12. The van der Waals surface area contributed by atoms with Gasteiger partial charge in [-0.1, -0.05) is 58.3 Å². The topological polar surface area (TPSA) is 7.76 Å². The Morgan fingerprint density at radius 2 is 1.20 bits per heavy atom. The lowest BCUT2D eigenvalue weighted by molar-refractivity contribution is -0.705. The van der Waals surface area contributed by atoms with Crippen LogP contribution >= 0.6 is 0 Å². The molecule has 0 aliphatic rings. The summed E-state index contributed by atoms with van der Waals surface area (Å²) in [5.74, 6) is 0. The third-order valence-electron chi connectivity index (χ3n) is 5.01. The van der Waals surface area contributed by atoms with Gasteiger partial charge >= 0.3 is 0 Å². The van der Waals surface area contributed by atoms with E-state index in [4.69, 9.17) is 0 Å². The average Bonchev–Trinajstić information content (AvgIpc) is 2.64. The summed E-state index contributed by atoms with van der Waals surface area (Å²) in [6.07, 6.45) is 18.2. The van der Waals surface area contributed by atoms with E-state index in [9.17, 15) is 0 Å². The van der Waals surface area contributed by atoms with E-state index >= 15 is 0 Å². The van der Waals surface area contributed by atoms with Crippen molar-refractivity contribution in [1.82, 2.24) is 0 Å². The molecule has 2 rings (SSSR count). The van der Waals surface area contributed by atoms with Gasteiger partial charge in [0.25, 0.3) is 11.4 Å².